The molecule has 0 radical (unpaired) electrons. The second-order valence-electron chi connectivity index (χ2n) is 12.1. The fourth-order valence-corrected chi connectivity index (χ4v) is 4.78. The Kier molecular flexibility index (Phi) is 12.0. The number of hydrogen-bond acceptors (Lipinski definition) is 7. The topological polar surface area (TPSA) is 137 Å². The Labute approximate surface area is 286 Å². The molecular formula is C38H42N4O7. The van der Waals surface area contributed by atoms with Gasteiger partial charge in [-0.3, -0.25) is 14.9 Å². The quantitative estimate of drug-likeness (QED) is 0.120. The van der Waals surface area contributed by atoms with Gasteiger partial charge in [0, 0.05) is 22.5 Å². The van der Waals surface area contributed by atoms with Crippen LogP contribution >= 0.6 is 0 Å². The number of aryl methyl sites for hydroxylation is 3. The normalized spacial score (nSPS) is 11.3. The molecule has 0 bridgehead atoms. The highest BCUT2D eigenvalue weighted by Crippen LogP contribution is 2.38. The number of carbonyl (C=O) groups excluding carboxylic acids is 3. The summed E-state index contributed by atoms with van der Waals surface area (Å²) in [5, 5.41) is 8.55. The number of benzene rings is 4. The molecule has 0 saturated carbocycles. The molecule has 0 aliphatic carbocycles. The van der Waals surface area contributed by atoms with Crippen molar-refractivity contribution in [2.75, 3.05) is 32.0 Å². The number of guanidine groups is 1. The molecule has 0 unspecified atom stereocenters. The van der Waals surface area contributed by atoms with Gasteiger partial charge in [-0.05, 0) is 93.6 Å². The van der Waals surface area contributed by atoms with Crippen LogP contribution in [0.3, 0.4) is 0 Å². The third kappa shape index (κ3) is 10.3. The molecule has 256 valence electrons. The largest absolute Gasteiger partial charge is 0.493 e. The van der Waals surface area contributed by atoms with Crippen LogP contribution in [-0.4, -0.2) is 50.8 Å². The van der Waals surface area contributed by atoms with Gasteiger partial charge in [-0.1, -0.05) is 48.5 Å². The van der Waals surface area contributed by atoms with Crippen molar-refractivity contribution < 1.29 is 33.3 Å². The SMILES string of the molecule is COc1cc(C(=O)NC(=NC(=O)OC(C)(C)C)Nc2ccc(C)c(NC(=O)c3ccc(CCc4ccccc4)cc3)c2)cc(OC)c1OC. The van der Waals surface area contributed by atoms with E-state index in [-0.39, 0.29) is 28.9 Å². The molecule has 4 rings (SSSR count). The van der Waals surface area contributed by atoms with Gasteiger partial charge in [0.05, 0.1) is 21.3 Å². The van der Waals surface area contributed by atoms with E-state index >= 15 is 0 Å². The average molecular weight is 667 g/mol. The molecule has 0 aromatic heterocycles. The van der Waals surface area contributed by atoms with Gasteiger partial charge < -0.3 is 29.6 Å². The van der Waals surface area contributed by atoms with Crippen LogP contribution in [-0.2, 0) is 17.6 Å². The highest BCUT2D eigenvalue weighted by Gasteiger charge is 2.21. The third-order valence-corrected chi connectivity index (χ3v) is 7.27. The summed E-state index contributed by atoms with van der Waals surface area (Å²) in [6.45, 7) is 6.97. The first kappa shape index (κ1) is 36.0. The van der Waals surface area contributed by atoms with Crippen molar-refractivity contribution in [1.82, 2.24) is 5.32 Å². The van der Waals surface area contributed by atoms with Crippen molar-refractivity contribution in [3.05, 3.63) is 113 Å². The van der Waals surface area contributed by atoms with E-state index in [2.05, 4.69) is 33.1 Å². The Morgan fingerprint density at radius 1 is 0.694 bits per heavy atom. The zero-order valence-corrected chi connectivity index (χ0v) is 28.8. The minimum atomic E-state index is -0.923. The van der Waals surface area contributed by atoms with Gasteiger partial charge in [0.15, 0.2) is 11.5 Å². The molecule has 49 heavy (non-hydrogen) atoms. The number of amides is 3. The summed E-state index contributed by atoms with van der Waals surface area (Å²) in [7, 11) is 4.33. The number of anilines is 2. The summed E-state index contributed by atoms with van der Waals surface area (Å²) in [5.41, 5.74) is 3.97. The minimum Gasteiger partial charge on any atom is -0.493 e. The highest BCUT2D eigenvalue weighted by molar-refractivity contribution is 6.12. The van der Waals surface area contributed by atoms with E-state index < -0.39 is 17.6 Å². The van der Waals surface area contributed by atoms with Crippen LogP contribution in [0.25, 0.3) is 0 Å². The van der Waals surface area contributed by atoms with Crippen molar-refractivity contribution in [2.24, 2.45) is 4.99 Å². The zero-order chi connectivity index (χ0) is 35.6. The predicted molar refractivity (Wildman–Crippen MR) is 190 cm³/mol. The summed E-state index contributed by atoms with van der Waals surface area (Å²) in [6, 6.07) is 25.9. The molecule has 11 heteroatoms. The summed E-state index contributed by atoms with van der Waals surface area (Å²) >= 11 is 0. The molecule has 0 aliphatic rings. The standard InChI is InChI=1S/C38H42N4O7/c1-24-13-20-29(23-30(24)40-34(43)27-18-16-26(17-19-27)15-14-25-11-9-8-10-12-25)39-36(42-37(45)49-38(2,3)4)41-35(44)28-21-31(46-5)33(48-7)32(22-28)47-6/h8-13,16-23H,14-15H2,1-7H3,(H,40,43)(H2,39,41,42,44,45). The maximum atomic E-state index is 13.4. The maximum Gasteiger partial charge on any atom is 0.437 e. The summed E-state index contributed by atoms with van der Waals surface area (Å²) < 4.78 is 21.4. The van der Waals surface area contributed by atoms with Crippen LogP contribution in [0.5, 0.6) is 17.2 Å². The van der Waals surface area contributed by atoms with Gasteiger partial charge in [-0.15, -0.1) is 4.99 Å². The van der Waals surface area contributed by atoms with Gasteiger partial charge in [-0.2, -0.15) is 0 Å². The highest BCUT2D eigenvalue weighted by atomic mass is 16.6. The lowest BCUT2D eigenvalue weighted by Gasteiger charge is -2.19. The molecule has 4 aromatic carbocycles. The molecule has 0 spiro atoms. The molecular weight excluding hydrogens is 624 g/mol. The van der Waals surface area contributed by atoms with E-state index in [1.54, 1.807) is 51.1 Å². The number of methoxy groups -OCH3 is 3. The second-order valence-corrected chi connectivity index (χ2v) is 12.1. The Morgan fingerprint density at radius 3 is 1.88 bits per heavy atom. The second kappa shape index (κ2) is 16.3. The minimum absolute atomic E-state index is 0.149. The van der Waals surface area contributed by atoms with Crippen molar-refractivity contribution in [3.63, 3.8) is 0 Å². The number of hydrogen-bond donors (Lipinski definition) is 3. The van der Waals surface area contributed by atoms with Crippen molar-refractivity contribution in [2.45, 2.75) is 46.1 Å². The lowest BCUT2D eigenvalue weighted by molar-refractivity contribution is 0.0603. The molecule has 0 fully saturated rings. The fraction of sp³-hybridized carbons (Fsp3) is 0.263. The number of carbonyl (C=O) groups is 3. The van der Waals surface area contributed by atoms with Gasteiger partial charge in [-0.25, -0.2) is 4.79 Å². The summed E-state index contributed by atoms with van der Waals surface area (Å²) in [4.78, 5) is 43.3. The van der Waals surface area contributed by atoms with Crippen LogP contribution in [0.4, 0.5) is 16.2 Å². The molecule has 3 N–H and O–H groups in total. The van der Waals surface area contributed by atoms with E-state index in [4.69, 9.17) is 18.9 Å². The molecule has 0 saturated heterocycles. The zero-order valence-electron chi connectivity index (χ0n) is 28.8. The lowest BCUT2D eigenvalue weighted by Crippen LogP contribution is -2.37. The van der Waals surface area contributed by atoms with E-state index in [0.717, 1.165) is 24.0 Å². The van der Waals surface area contributed by atoms with Crippen molar-refractivity contribution in [3.8, 4) is 17.2 Å². The molecule has 4 aromatic rings. The van der Waals surface area contributed by atoms with Crippen molar-refractivity contribution in [1.29, 1.82) is 0 Å². The van der Waals surface area contributed by atoms with E-state index in [1.165, 1.54) is 39.0 Å². The van der Waals surface area contributed by atoms with Gasteiger partial charge in [0.25, 0.3) is 11.8 Å². The smallest absolute Gasteiger partial charge is 0.437 e. The Balaban J connectivity index is 1.52. The average Bonchev–Trinajstić information content (AvgIpc) is 3.07. The summed E-state index contributed by atoms with van der Waals surface area (Å²) in [5.74, 6) is -0.261. The van der Waals surface area contributed by atoms with Crippen molar-refractivity contribution >= 4 is 35.2 Å². The first-order valence-electron chi connectivity index (χ1n) is 15.6. The van der Waals surface area contributed by atoms with Crippen LogP contribution in [0.1, 0.15) is 58.2 Å². The molecule has 0 heterocycles. The van der Waals surface area contributed by atoms with Crippen LogP contribution in [0.2, 0.25) is 0 Å². The Morgan fingerprint density at radius 2 is 1.31 bits per heavy atom. The lowest BCUT2D eigenvalue weighted by atomic mass is 10.0. The molecule has 11 nitrogen and oxygen atoms in total. The van der Waals surface area contributed by atoms with Crippen LogP contribution in [0, 0.1) is 6.92 Å². The number of aliphatic imine (C=N–C) groups is 1. The van der Waals surface area contributed by atoms with Gasteiger partial charge in [0.1, 0.15) is 5.60 Å². The van der Waals surface area contributed by atoms with Crippen LogP contribution < -0.4 is 30.2 Å². The maximum absolute atomic E-state index is 13.4. The number of rotatable bonds is 10. The Bertz CT molecular complexity index is 1790. The monoisotopic (exact) mass is 666 g/mol. The number of nitrogens with one attached hydrogen (secondary N) is 3. The molecule has 0 aliphatic heterocycles. The molecule has 0 atom stereocenters. The van der Waals surface area contributed by atoms with Gasteiger partial charge in [0.2, 0.25) is 11.7 Å². The first-order chi connectivity index (χ1) is 23.4. The van der Waals surface area contributed by atoms with E-state index in [1.807, 2.05) is 37.3 Å². The third-order valence-electron chi connectivity index (χ3n) is 7.27. The summed E-state index contributed by atoms with van der Waals surface area (Å²) in [6.07, 6.45) is 0.850. The number of nitrogens with zero attached hydrogens (tertiary/aromatic N) is 1. The van der Waals surface area contributed by atoms with E-state index in [9.17, 15) is 14.4 Å². The first-order valence-corrected chi connectivity index (χ1v) is 15.6. The predicted octanol–water partition coefficient (Wildman–Crippen LogP) is 7.19. The van der Waals surface area contributed by atoms with Gasteiger partial charge >= 0.3 is 6.09 Å². The fourth-order valence-electron chi connectivity index (χ4n) is 4.78. The number of ether oxygens (including phenoxy) is 4. The van der Waals surface area contributed by atoms with Crippen LogP contribution in [0.15, 0.2) is 89.9 Å². The Hall–Kier alpha value is -5.84. The molecule has 3 amide bonds. The van der Waals surface area contributed by atoms with E-state index in [0.29, 0.717) is 22.7 Å².